The van der Waals surface area contributed by atoms with Crippen LogP contribution in [0.5, 0.6) is 0 Å². The predicted molar refractivity (Wildman–Crippen MR) is 89.9 cm³/mol. The molecule has 3 aliphatic heterocycles. The van der Waals surface area contributed by atoms with E-state index < -0.39 is 35.7 Å². The highest BCUT2D eigenvalue weighted by Gasteiger charge is 2.52. The molecule has 0 saturated carbocycles. The first-order chi connectivity index (χ1) is 12.9. The van der Waals surface area contributed by atoms with Gasteiger partial charge in [-0.25, -0.2) is 0 Å². The zero-order valence-corrected chi connectivity index (χ0v) is 14.9. The number of Topliss-reactive ketones (excluding diaryl/α,β-unsaturated/α-hetero) is 2. The lowest BCUT2D eigenvalue weighted by Crippen LogP contribution is -2.65. The van der Waals surface area contributed by atoms with E-state index in [0.29, 0.717) is 18.1 Å². The smallest absolute Gasteiger partial charge is 0.257 e. The molecule has 0 aliphatic carbocycles. The molecule has 9 nitrogen and oxygen atoms in total. The standard InChI is InChI=1S/C18H19N3O6/c1-9-8-26-13-7-20-6-12(15(22)16(23)14(20)18(25)21(9)13)17(24)19-5-11-4-3-10(2)27-11/h3-4,6,9,13-14H,5,7-8H2,1-2H3,(H,19,24)/t9-,13+,14?/m0/s1. The molecule has 2 fully saturated rings. The fourth-order valence-electron chi connectivity index (χ4n) is 3.64. The van der Waals surface area contributed by atoms with Gasteiger partial charge in [-0.2, -0.15) is 0 Å². The van der Waals surface area contributed by atoms with Crippen LogP contribution in [0, 0.1) is 6.92 Å². The van der Waals surface area contributed by atoms with Crippen LogP contribution in [0.2, 0.25) is 0 Å². The highest BCUT2D eigenvalue weighted by molar-refractivity contribution is 6.53. The van der Waals surface area contributed by atoms with Crippen molar-refractivity contribution in [3.8, 4) is 0 Å². The maximum absolute atomic E-state index is 12.7. The number of carbonyl (C=O) groups excluding carboxylic acids is 4. The van der Waals surface area contributed by atoms with E-state index in [2.05, 4.69) is 5.32 Å². The summed E-state index contributed by atoms with van der Waals surface area (Å²) >= 11 is 0. The molecule has 142 valence electrons. The summed E-state index contributed by atoms with van der Waals surface area (Å²) in [4.78, 5) is 53.0. The average molecular weight is 373 g/mol. The Morgan fingerprint density at radius 1 is 1.30 bits per heavy atom. The molecule has 0 aromatic carbocycles. The van der Waals surface area contributed by atoms with E-state index in [1.165, 1.54) is 16.0 Å². The molecular weight excluding hydrogens is 354 g/mol. The number of fused-ring (bicyclic) bond motifs is 2. The van der Waals surface area contributed by atoms with Gasteiger partial charge in [0, 0.05) is 6.20 Å². The summed E-state index contributed by atoms with van der Waals surface area (Å²) in [6, 6.07) is 2.10. The van der Waals surface area contributed by atoms with Crippen molar-refractivity contribution in [2.45, 2.75) is 38.7 Å². The summed E-state index contributed by atoms with van der Waals surface area (Å²) in [5.74, 6) is -1.76. The van der Waals surface area contributed by atoms with Crippen LogP contribution in [-0.4, -0.2) is 64.6 Å². The predicted octanol–water partition coefficient (Wildman–Crippen LogP) is -0.502. The number of hydrogen-bond donors (Lipinski definition) is 1. The van der Waals surface area contributed by atoms with Gasteiger partial charge in [0.2, 0.25) is 11.6 Å². The van der Waals surface area contributed by atoms with Crippen LogP contribution in [0.4, 0.5) is 0 Å². The Hall–Kier alpha value is -2.94. The van der Waals surface area contributed by atoms with Crippen LogP contribution >= 0.6 is 0 Å². The van der Waals surface area contributed by atoms with Crippen LogP contribution in [0.25, 0.3) is 0 Å². The minimum Gasteiger partial charge on any atom is -0.465 e. The number of amides is 2. The summed E-state index contributed by atoms with van der Waals surface area (Å²) < 4.78 is 10.9. The molecule has 2 saturated heterocycles. The van der Waals surface area contributed by atoms with Crippen molar-refractivity contribution >= 4 is 23.4 Å². The number of furan rings is 1. The van der Waals surface area contributed by atoms with E-state index in [1.54, 1.807) is 19.1 Å². The number of hydrogen-bond acceptors (Lipinski definition) is 7. The molecule has 4 rings (SSSR count). The lowest BCUT2D eigenvalue weighted by molar-refractivity contribution is -0.159. The zero-order chi connectivity index (χ0) is 19.3. The summed E-state index contributed by atoms with van der Waals surface area (Å²) in [5, 5.41) is 2.57. The highest BCUT2D eigenvalue weighted by Crippen LogP contribution is 2.29. The number of nitrogens with zero attached hydrogens (tertiary/aromatic N) is 2. The van der Waals surface area contributed by atoms with Crippen molar-refractivity contribution < 1.29 is 28.3 Å². The second kappa shape index (κ2) is 6.34. The lowest BCUT2D eigenvalue weighted by Gasteiger charge is -2.43. The topological polar surface area (TPSA) is 109 Å². The lowest BCUT2D eigenvalue weighted by atomic mass is 9.93. The molecule has 0 bridgehead atoms. The first-order valence-corrected chi connectivity index (χ1v) is 8.70. The number of ketones is 2. The van der Waals surface area contributed by atoms with E-state index in [-0.39, 0.29) is 24.7 Å². The Bertz CT molecular complexity index is 872. The van der Waals surface area contributed by atoms with Gasteiger partial charge in [-0.15, -0.1) is 0 Å². The molecule has 3 aliphatic rings. The summed E-state index contributed by atoms with van der Waals surface area (Å²) in [7, 11) is 0. The van der Waals surface area contributed by atoms with Crippen LogP contribution in [0.3, 0.4) is 0 Å². The van der Waals surface area contributed by atoms with Crippen LogP contribution in [0.15, 0.2) is 28.3 Å². The number of nitrogens with one attached hydrogen (secondary N) is 1. The zero-order valence-electron chi connectivity index (χ0n) is 14.9. The van der Waals surface area contributed by atoms with Crippen molar-refractivity contribution in [3.05, 3.63) is 35.4 Å². The molecule has 1 N–H and O–H groups in total. The molecular formula is C18H19N3O6. The van der Waals surface area contributed by atoms with Gasteiger partial charge in [0.05, 0.1) is 25.7 Å². The molecule has 4 heterocycles. The van der Waals surface area contributed by atoms with E-state index in [1.807, 2.05) is 6.92 Å². The number of ether oxygens (including phenoxy) is 1. The molecule has 27 heavy (non-hydrogen) atoms. The third-order valence-electron chi connectivity index (χ3n) is 4.98. The fraction of sp³-hybridized carbons (Fsp3) is 0.444. The van der Waals surface area contributed by atoms with Crippen LogP contribution in [-0.2, 0) is 30.5 Å². The molecule has 1 aromatic rings. The van der Waals surface area contributed by atoms with Gasteiger partial charge in [-0.05, 0) is 26.0 Å². The molecule has 0 spiro atoms. The van der Waals surface area contributed by atoms with E-state index in [9.17, 15) is 19.2 Å². The van der Waals surface area contributed by atoms with Gasteiger partial charge < -0.3 is 24.3 Å². The van der Waals surface area contributed by atoms with Crippen molar-refractivity contribution in [2.24, 2.45) is 0 Å². The van der Waals surface area contributed by atoms with E-state index in [4.69, 9.17) is 9.15 Å². The maximum Gasteiger partial charge on any atom is 0.257 e. The Morgan fingerprint density at radius 3 is 2.78 bits per heavy atom. The van der Waals surface area contributed by atoms with Gasteiger partial charge in [-0.1, -0.05) is 0 Å². The van der Waals surface area contributed by atoms with Gasteiger partial charge >= 0.3 is 0 Å². The molecule has 1 aromatic heterocycles. The van der Waals surface area contributed by atoms with Crippen LogP contribution in [0.1, 0.15) is 18.4 Å². The maximum atomic E-state index is 12.7. The summed E-state index contributed by atoms with van der Waals surface area (Å²) in [6.07, 6.45) is 0.801. The second-order valence-electron chi connectivity index (χ2n) is 6.91. The van der Waals surface area contributed by atoms with Crippen molar-refractivity contribution in [1.82, 2.24) is 15.1 Å². The Kier molecular flexibility index (Phi) is 4.11. The number of carbonyl (C=O) groups is 4. The molecule has 2 amide bonds. The molecule has 3 atom stereocenters. The van der Waals surface area contributed by atoms with Crippen molar-refractivity contribution in [3.63, 3.8) is 0 Å². The first-order valence-electron chi connectivity index (χ1n) is 8.70. The largest absolute Gasteiger partial charge is 0.465 e. The van der Waals surface area contributed by atoms with E-state index >= 15 is 0 Å². The molecule has 9 heteroatoms. The van der Waals surface area contributed by atoms with Gasteiger partial charge in [0.25, 0.3) is 11.8 Å². The van der Waals surface area contributed by atoms with Crippen LogP contribution < -0.4 is 5.32 Å². The minimum atomic E-state index is -1.22. The normalized spacial score (nSPS) is 27.4. The third kappa shape index (κ3) is 2.84. The Labute approximate surface area is 154 Å². The monoisotopic (exact) mass is 373 g/mol. The summed E-state index contributed by atoms with van der Waals surface area (Å²) in [5.41, 5.74) is -0.285. The quantitative estimate of drug-likeness (QED) is 0.432. The fourth-order valence-corrected chi connectivity index (χ4v) is 3.64. The Morgan fingerprint density at radius 2 is 2.07 bits per heavy atom. The number of aryl methyl sites for hydroxylation is 1. The third-order valence-corrected chi connectivity index (χ3v) is 4.98. The number of rotatable bonds is 3. The van der Waals surface area contributed by atoms with Gasteiger partial charge in [0.15, 0.2) is 6.04 Å². The van der Waals surface area contributed by atoms with Gasteiger partial charge in [0.1, 0.15) is 23.3 Å². The average Bonchev–Trinajstić information content (AvgIpc) is 3.21. The molecule has 1 unspecified atom stereocenters. The van der Waals surface area contributed by atoms with Crippen molar-refractivity contribution in [1.29, 1.82) is 0 Å². The SMILES string of the molecule is Cc1ccc(CNC(=O)C2=CN3C[C@H]4OC[C@H](C)N4C(=O)C3C(=O)C2=O)o1. The minimum absolute atomic E-state index is 0.0882. The van der Waals surface area contributed by atoms with E-state index in [0.717, 1.165) is 0 Å². The van der Waals surface area contributed by atoms with Crippen molar-refractivity contribution in [2.75, 3.05) is 13.2 Å². The first kappa shape index (κ1) is 17.5. The van der Waals surface area contributed by atoms with Gasteiger partial charge in [-0.3, -0.25) is 19.2 Å². The second-order valence-corrected chi connectivity index (χ2v) is 6.91. The summed E-state index contributed by atoms with van der Waals surface area (Å²) in [6.45, 7) is 4.30. The number of piperazine rings is 1. The highest BCUT2D eigenvalue weighted by atomic mass is 16.5. The molecule has 0 radical (unpaired) electrons. The Balaban J connectivity index is 1.54.